The molecule has 3 heteroatoms. The lowest BCUT2D eigenvalue weighted by Crippen LogP contribution is -2.21. The summed E-state index contributed by atoms with van der Waals surface area (Å²) in [5, 5.41) is 0. The topological polar surface area (TPSA) is 64.4 Å². The van der Waals surface area contributed by atoms with Crippen LogP contribution in [0.3, 0.4) is 0 Å². The summed E-state index contributed by atoms with van der Waals surface area (Å²) in [4.78, 5) is 4.02. The van der Waals surface area contributed by atoms with E-state index < -0.39 is 0 Å². The van der Waals surface area contributed by atoms with Crippen molar-refractivity contribution in [3.05, 3.63) is 29.8 Å². The standard InChI is InChI=1S/C13H19N3/c14-13(15)16-12-8-6-11(7-9-12)10-4-2-1-3-5-10/h6-10H,1-5H2,(H4,14,15,16). The van der Waals surface area contributed by atoms with Gasteiger partial charge in [-0.05, 0) is 36.5 Å². The number of benzene rings is 1. The van der Waals surface area contributed by atoms with Gasteiger partial charge in [-0.25, -0.2) is 4.99 Å². The highest BCUT2D eigenvalue weighted by Gasteiger charge is 2.14. The Labute approximate surface area is 96.6 Å². The van der Waals surface area contributed by atoms with Crippen molar-refractivity contribution < 1.29 is 0 Å². The summed E-state index contributed by atoms with van der Waals surface area (Å²) >= 11 is 0. The average molecular weight is 217 g/mol. The van der Waals surface area contributed by atoms with Crippen molar-refractivity contribution in [3.8, 4) is 0 Å². The lowest BCUT2D eigenvalue weighted by Gasteiger charge is -2.21. The molecule has 86 valence electrons. The highest BCUT2D eigenvalue weighted by Crippen LogP contribution is 2.33. The average Bonchev–Trinajstić information content (AvgIpc) is 2.30. The van der Waals surface area contributed by atoms with Gasteiger partial charge in [0.1, 0.15) is 0 Å². The van der Waals surface area contributed by atoms with Gasteiger partial charge in [-0.2, -0.15) is 0 Å². The first kappa shape index (κ1) is 11.0. The monoisotopic (exact) mass is 217 g/mol. The van der Waals surface area contributed by atoms with Gasteiger partial charge in [0.05, 0.1) is 5.69 Å². The van der Waals surface area contributed by atoms with Crippen molar-refractivity contribution in [1.82, 2.24) is 0 Å². The molecule has 0 aromatic heterocycles. The Morgan fingerprint density at radius 3 is 2.19 bits per heavy atom. The predicted molar refractivity (Wildman–Crippen MR) is 67.7 cm³/mol. The Kier molecular flexibility index (Phi) is 3.44. The van der Waals surface area contributed by atoms with E-state index in [1.165, 1.54) is 37.7 Å². The molecule has 3 nitrogen and oxygen atoms in total. The first-order valence-electron chi connectivity index (χ1n) is 5.95. The molecule has 0 saturated heterocycles. The van der Waals surface area contributed by atoms with E-state index in [2.05, 4.69) is 17.1 Å². The molecule has 0 amide bonds. The molecule has 0 bridgehead atoms. The van der Waals surface area contributed by atoms with Crippen LogP contribution >= 0.6 is 0 Å². The molecule has 1 fully saturated rings. The Bertz CT molecular complexity index is 357. The van der Waals surface area contributed by atoms with Crippen molar-refractivity contribution in [2.24, 2.45) is 16.5 Å². The summed E-state index contributed by atoms with van der Waals surface area (Å²) in [5.74, 6) is 0.854. The Balaban J connectivity index is 2.09. The molecular formula is C13H19N3. The fourth-order valence-corrected chi connectivity index (χ4v) is 2.41. The van der Waals surface area contributed by atoms with Gasteiger partial charge >= 0.3 is 0 Å². The molecule has 1 aromatic rings. The summed E-state index contributed by atoms with van der Waals surface area (Å²) in [6.07, 6.45) is 6.76. The van der Waals surface area contributed by atoms with Crippen LogP contribution < -0.4 is 11.5 Å². The second kappa shape index (κ2) is 5.01. The van der Waals surface area contributed by atoms with Crippen LogP contribution in [-0.4, -0.2) is 5.96 Å². The molecule has 0 heterocycles. The van der Waals surface area contributed by atoms with Crippen LogP contribution in [0, 0.1) is 0 Å². The Morgan fingerprint density at radius 1 is 1.00 bits per heavy atom. The smallest absolute Gasteiger partial charge is 0.191 e. The quantitative estimate of drug-likeness (QED) is 0.591. The Hall–Kier alpha value is -1.51. The SMILES string of the molecule is NC(N)=Nc1ccc(C2CCCCC2)cc1. The lowest BCUT2D eigenvalue weighted by molar-refractivity contribution is 0.443. The summed E-state index contributed by atoms with van der Waals surface area (Å²) in [6.45, 7) is 0. The van der Waals surface area contributed by atoms with Crippen LogP contribution in [-0.2, 0) is 0 Å². The van der Waals surface area contributed by atoms with Gasteiger partial charge in [0.15, 0.2) is 5.96 Å². The zero-order chi connectivity index (χ0) is 11.4. The lowest BCUT2D eigenvalue weighted by atomic mass is 9.84. The van der Waals surface area contributed by atoms with Crippen molar-refractivity contribution in [2.45, 2.75) is 38.0 Å². The van der Waals surface area contributed by atoms with E-state index >= 15 is 0 Å². The molecule has 1 aliphatic rings. The van der Waals surface area contributed by atoms with Gasteiger partial charge in [0.2, 0.25) is 0 Å². The molecule has 0 spiro atoms. The number of aliphatic imine (C=N–C) groups is 1. The number of hydrogen-bond donors (Lipinski definition) is 2. The van der Waals surface area contributed by atoms with E-state index in [1.807, 2.05) is 12.1 Å². The van der Waals surface area contributed by atoms with Crippen LogP contribution in [0.15, 0.2) is 29.3 Å². The van der Waals surface area contributed by atoms with Gasteiger partial charge in [-0.15, -0.1) is 0 Å². The molecule has 0 aliphatic heterocycles. The van der Waals surface area contributed by atoms with E-state index in [4.69, 9.17) is 11.5 Å². The van der Waals surface area contributed by atoms with Gasteiger partial charge < -0.3 is 11.5 Å². The molecule has 1 aliphatic carbocycles. The first-order valence-corrected chi connectivity index (χ1v) is 5.95. The van der Waals surface area contributed by atoms with E-state index in [0.29, 0.717) is 0 Å². The molecule has 2 rings (SSSR count). The number of hydrogen-bond acceptors (Lipinski definition) is 1. The number of guanidine groups is 1. The number of nitrogens with two attached hydrogens (primary N) is 2. The molecule has 1 saturated carbocycles. The summed E-state index contributed by atoms with van der Waals surface area (Å²) in [5.41, 5.74) is 12.9. The van der Waals surface area contributed by atoms with Crippen molar-refractivity contribution in [2.75, 3.05) is 0 Å². The fourth-order valence-electron chi connectivity index (χ4n) is 2.41. The van der Waals surface area contributed by atoms with Crippen molar-refractivity contribution in [1.29, 1.82) is 0 Å². The van der Waals surface area contributed by atoms with E-state index in [0.717, 1.165) is 11.6 Å². The Morgan fingerprint density at radius 2 is 1.62 bits per heavy atom. The minimum Gasteiger partial charge on any atom is -0.370 e. The molecule has 4 N–H and O–H groups in total. The third kappa shape index (κ3) is 2.75. The normalized spacial score (nSPS) is 17.0. The molecule has 16 heavy (non-hydrogen) atoms. The minimum atomic E-state index is 0.116. The zero-order valence-corrected chi connectivity index (χ0v) is 9.52. The van der Waals surface area contributed by atoms with Crippen molar-refractivity contribution >= 4 is 11.6 Å². The molecule has 0 radical (unpaired) electrons. The summed E-state index contributed by atoms with van der Waals surface area (Å²) in [6, 6.07) is 8.28. The van der Waals surface area contributed by atoms with Gasteiger partial charge in [0, 0.05) is 0 Å². The van der Waals surface area contributed by atoms with Crippen LogP contribution in [0.4, 0.5) is 5.69 Å². The van der Waals surface area contributed by atoms with Gasteiger partial charge in [-0.1, -0.05) is 31.4 Å². The molecule has 0 atom stereocenters. The third-order valence-corrected chi connectivity index (χ3v) is 3.23. The maximum atomic E-state index is 5.33. The molecule has 0 unspecified atom stereocenters. The molecule has 1 aromatic carbocycles. The zero-order valence-electron chi connectivity index (χ0n) is 9.52. The van der Waals surface area contributed by atoms with Crippen LogP contribution in [0.2, 0.25) is 0 Å². The van der Waals surface area contributed by atoms with Gasteiger partial charge in [0.25, 0.3) is 0 Å². The first-order chi connectivity index (χ1) is 7.75. The number of rotatable bonds is 2. The minimum absolute atomic E-state index is 0.116. The van der Waals surface area contributed by atoms with Gasteiger partial charge in [-0.3, -0.25) is 0 Å². The maximum Gasteiger partial charge on any atom is 0.191 e. The van der Waals surface area contributed by atoms with Crippen LogP contribution in [0.5, 0.6) is 0 Å². The van der Waals surface area contributed by atoms with E-state index in [-0.39, 0.29) is 5.96 Å². The van der Waals surface area contributed by atoms with Crippen LogP contribution in [0.1, 0.15) is 43.6 Å². The highest BCUT2D eigenvalue weighted by atomic mass is 15.0. The summed E-state index contributed by atoms with van der Waals surface area (Å²) in [7, 11) is 0. The van der Waals surface area contributed by atoms with Crippen LogP contribution in [0.25, 0.3) is 0 Å². The van der Waals surface area contributed by atoms with Crippen molar-refractivity contribution in [3.63, 3.8) is 0 Å². The summed E-state index contributed by atoms with van der Waals surface area (Å²) < 4.78 is 0. The second-order valence-electron chi connectivity index (χ2n) is 4.46. The molecular weight excluding hydrogens is 198 g/mol. The number of nitrogens with zero attached hydrogens (tertiary/aromatic N) is 1. The highest BCUT2D eigenvalue weighted by molar-refractivity contribution is 5.78. The largest absolute Gasteiger partial charge is 0.370 e. The van der Waals surface area contributed by atoms with E-state index in [1.54, 1.807) is 0 Å². The van der Waals surface area contributed by atoms with E-state index in [9.17, 15) is 0 Å². The third-order valence-electron chi connectivity index (χ3n) is 3.23. The maximum absolute atomic E-state index is 5.33. The fraction of sp³-hybridized carbons (Fsp3) is 0.462. The predicted octanol–water partition coefficient (Wildman–Crippen LogP) is 2.64. The second-order valence-corrected chi connectivity index (χ2v) is 4.46.